The molecule has 2 aliphatic rings. The van der Waals surface area contributed by atoms with Crippen molar-refractivity contribution in [2.75, 3.05) is 0 Å². The summed E-state index contributed by atoms with van der Waals surface area (Å²) >= 11 is 0. The smallest absolute Gasteiger partial charge is 0.139 e. The van der Waals surface area contributed by atoms with E-state index in [2.05, 4.69) is 17.4 Å². The molecule has 0 spiro atoms. The molecule has 1 aromatic rings. The molecule has 100 valence electrons. The molecule has 1 N–H and O–H groups in total. The van der Waals surface area contributed by atoms with Gasteiger partial charge < -0.3 is 5.32 Å². The third-order valence-corrected chi connectivity index (χ3v) is 4.36. The van der Waals surface area contributed by atoms with Gasteiger partial charge in [0.25, 0.3) is 0 Å². The minimum absolute atomic E-state index is 0.291. The number of carbonyl (C=O) groups excluding carboxylic acids is 1. The van der Waals surface area contributed by atoms with Crippen molar-refractivity contribution in [3.63, 3.8) is 0 Å². The zero-order chi connectivity index (χ0) is 13.1. The van der Waals surface area contributed by atoms with E-state index in [4.69, 9.17) is 0 Å². The fourth-order valence-corrected chi connectivity index (χ4v) is 3.36. The Morgan fingerprint density at radius 1 is 1.16 bits per heavy atom. The summed E-state index contributed by atoms with van der Waals surface area (Å²) in [6.45, 7) is 0. The molecule has 2 fully saturated rings. The highest BCUT2D eigenvalue weighted by Gasteiger charge is 2.35. The second kappa shape index (κ2) is 5.70. The molecule has 2 aliphatic heterocycles. The van der Waals surface area contributed by atoms with Crippen LogP contribution in [0.2, 0.25) is 0 Å². The molecule has 2 saturated heterocycles. The van der Waals surface area contributed by atoms with Gasteiger partial charge in [-0.05, 0) is 31.2 Å². The molecular weight excluding hydrogens is 234 g/mol. The molecule has 19 heavy (non-hydrogen) atoms. The normalized spacial score (nSPS) is 29.8. The van der Waals surface area contributed by atoms with Gasteiger partial charge in [0.05, 0.1) is 0 Å². The lowest BCUT2D eigenvalue weighted by molar-refractivity contribution is -0.123. The zero-order valence-corrected chi connectivity index (χ0v) is 11.2. The Bertz CT molecular complexity index is 453. The molecule has 0 saturated carbocycles. The fourth-order valence-electron chi connectivity index (χ4n) is 3.36. The van der Waals surface area contributed by atoms with Crippen LogP contribution in [0, 0.1) is 5.92 Å². The highest BCUT2D eigenvalue weighted by Crippen LogP contribution is 2.31. The van der Waals surface area contributed by atoms with Crippen molar-refractivity contribution in [2.45, 2.75) is 44.2 Å². The SMILES string of the molecule is O=C(C/C=C/c1ccccc1)C1CC2CCC(C1)N2. The Hall–Kier alpha value is -1.41. The second-order valence-corrected chi connectivity index (χ2v) is 5.79. The van der Waals surface area contributed by atoms with Gasteiger partial charge in [-0.1, -0.05) is 42.5 Å². The third kappa shape index (κ3) is 3.13. The first-order valence-corrected chi connectivity index (χ1v) is 7.31. The number of hydrogen-bond donors (Lipinski definition) is 1. The van der Waals surface area contributed by atoms with Crippen LogP contribution >= 0.6 is 0 Å². The lowest BCUT2D eigenvalue weighted by Gasteiger charge is -2.27. The molecule has 0 amide bonds. The first-order chi connectivity index (χ1) is 9.31. The van der Waals surface area contributed by atoms with E-state index in [-0.39, 0.29) is 0 Å². The summed E-state index contributed by atoms with van der Waals surface area (Å²) < 4.78 is 0. The van der Waals surface area contributed by atoms with Gasteiger partial charge in [-0.15, -0.1) is 0 Å². The number of benzene rings is 1. The molecule has 2 heterocycles. The predicted octanol–water partition coefficient (Wildman–Crippen LogP) is 3.19. The number of piperidine rings is 1. The third-order valence-electron chi connectivity index (χ3n) is 4.36. The quantitative estimate of drug-likeness (QED) is 0.895. The molecule has 3 rings (SSSR count). The maximum absolute atomic E-state index is 12.2. The van der Waals surface area contributed by atoms with E-state index in [1.807, 2.05) is 30.4 Å². The molecule has 0 aliphatic carbocycles. The Balaban J connectivity index is 1.53. The number of carbonyl (C=O) groups is 1. The van der Waals surface area contributed by atoms with E-state index in [0.29, 0.717) is 30.2 Å². The van der Waals surface area contributed by atoms with E-state index in [1.54, 1.807) is 0 Å². The number of nitrogens with one attached hydrogen (secondary N) is 1. The van der Waals surface area contributed by atoms with Crippen LogP contribution < -0.4 is 5.32 Å². The average molecular weight is 255 g/mol. The lowest BCUT2D eigenvalue weighted by Crippen LogP contribution is -2.40. The number of ketones is 1. The Morgan fingerprint density at radius 3 is 2.53 bits per heavy atom. The number of fused-ring (bicyclic) bond motifs is 2. The predicted molar refractivity (Wildman–Crippen MR) is 77.8 cm³/mol. The summed E-state index contributed by atoms with van der Waals surface area (Å²) in [6.07, 6.45) is 9.26. The number of allylic oxidation sites excluding steroid dienone is 1. The fraction of sp³-hybridized carbons (Fsp3) is 0.471. The van der Waals surface area contributed by atoms with Crippen molar-refractivity contribution in [3.8, 4) is 0 Å². The summed E-state index contributed by atoms with van der Waals surface area (Å²) in [5, 5.41) is 3.59. The molecule has 2 bridgehead atoms. The highest BCUT2D eigenvalue weighted by molar-refractivity contribution is 5.83. The van der Waals surface area contributed by atoms with Crippen molar-refractivity contribution in [2.24, 2.45) is 5.92 Å². The Labute approximate surface area is 114 Å². The molecule has 2 atom stereocenters. The lowest BCUT2D eigenvalue weighted by atomic mass is 9.87. The first kappa shape index (κ1) is 12.6. The van der Waals surface area contributed by atoms with Crippen molar-refractivity contribution < 1.29 is 4.79 Å². The number of rotatable bonds is 4. The van der Waals surface area contributed by atoms with Crippen molar-refractivity contribution in [1.29, 1.82) is 0 Å². The molecule has 2 nitrogen and oxygen atoms in total. The van der Waals surface area contributed by atoms with Crippen LogP contribution in [0.15, 0.2) is 36.4 Å². The topological polar surface area (TPSA) is 29.1 Å². The standard InChI is InChI=1S/C17H21NO/c19-17(8-4-7-13-5-2-1-3-6-13)14-11-15-9-10-16(12-14)18-15/h1-7,14-16,18H,8-12H2/b7-4+. The number of Topliss-reactive ketones (excluding diaryl/α,β-unsaturated/α-hetero) is 1. The van der Waals surface area contributed by atoms with E-state index in [9.17, 15) is 4.79 Å². The van der Waals surface area contributed by atoms with Gasteiger partial charge >= 0.3 is 0 Å². The summed E-state index contributed by atoms with van der Waals surface area (Å²) in [7, 11) is 0. The first-order valence-electron chi connectivity index (χ1n) is 7.31. The van der Waals surface area contributed by atoms with Crippen molar-refractivity contribution in [1.82, 2.24) is 5.32 Å². The maximum atomic E-state index is 12.2. The monoisotopic (exact) mass is 255 g/mol. The van der Waals surface area contributed by atoms with Crippen LogP contribution in [0.5, 0.6) is 0 Å². The van der Waals surface area contributed by atoms with Gasteiger partial charge in [0.2, 0.25) is 0 Å². The van der Waals surface area contributed by atoms with E-state index < -0.39 is 0 Å². The summed E-state index contributed by atoms with van der Waals surface area (Å²) in [4.78, 5) is 12.2. The Morgan fingerprint density at radius 2 is 1.84 bits per heavy atom. The molecule has 0 aromatic heterocycles. The number of hydrogen-bond acceptors (Lipinski definition) is 2. The highest BCUT2D eigenvalue weighted by atomic mass is 16.1. The van der Waals surface area contributed by atoms with E-state index in [1.165, 1.54) is 18.4 Å². The van der Waals surface area contributed by atoms with Crippen LogP contribution in [-0.4, -0.2) is 17.9 Å². The van der Waals surface area contributed by atoms with E-state index >= 15 is 0 Å². The molecule has 1 aromatic carbocycles. The van der Waals surface area contributed by atoms with Crippen molar-refractivity contribution >= 4 is 11.9 Å². The van der Waals surface area contributed by atoms with Gasteiger partial charge in [0.1, 0.15) is 5.78 Å². The second-order valence-electron chi connectivity index (χ2n) is 5.79. The van der Waals surface area contributed by atoms with Crippen LogP contribution in [0.25, 0.3) is 6.08 Å². The van der Waals surface area contributed by atoms with Crippen LogP contribution in [-0.2, 0) is 4.79 Å². The van der Waals surface area contributed by atoms with Crippen LogP contribution in [0.4, 0.5) is 0 Å². The van der Waals surface area contributed by atoms with Crippen LogP contribution in [0.1, 0.15) is 37.7 Å². The zero-order valence-electron chi connectivity index (χ0n) is 11.2. The van der Waals surface area contributed by atoms with Crippen LogP contribution in [0.3, 0.4) is 0 Å². The minimum Gasteiger partial charge on any atom is -0.311 e. The molecular formula is C17H21NO. The Kier molecular flexibility index (Phi) is 3.79. The van der Waals surface area contributed by atoms with Gasteiger partial charge in [-0.25, -0.2) is 0 Å². The summed E-state index contributed by atoms with van der Waals surface area (Å²) in [5.74, 6) is 0.713. The molecule has 2 heteroatoms. The average Bonchev–Trinajstić information content (AvgIpc) is 2.78. The molecule has 2 unspecified atom stereocenters. The van der Waals surface area contributed by atoms with E-state index in [0.717, 1.165) is 12.8 Å². The molecule has 0 radical (unpaired) electrons. The summed E-state index contributed by atoms with van der Waals surface area (Å²) in [5.41, 5.74) is 1.17. The minimum atomic E-state index is 0.291. The summed E-state index contributed by atoms with van der Waals surface area (Å²) in [6, 6.07) is 11.4. The largest absolute Gasteiger partial charge is 0.311 e. The van der Waals surface area contributed by atoms with Crippen molar-refractivity contribution in [3.05, 3.63) is 42.0 Å². The van der Waals surface area contributed by atoms with Gasteiger partial charge in [0.15, 0.2) is 0 Å². The van der Waals surface area contributed by atoms with Gasteiger partial charge in [-0.2, -0.15) is 0 Å². The van der Waals surface area contributed by atoms with Gasteiger partial charge in [0, 0.05) is 24.4 Å². The van der Waals surface area contributed by atoms with Gasteiger partial charge in [-0.3, -0.25) is 4.79 Å². The maximum Gasteiger partial charge on any atom is 0.139 e.